The highest BCUT2D eigenvalue weighted by Crippen LogP contribution is 2.15. The number of hydrogen-bond donors (Lipinski definition) is 9. The number of aliphatic hydroxyl groups is 1. The molecule has 0 fully saturated rings. The van der Waals surface area contributed by atoms with Crippen LogP contribution in [0.1, 0.15) is 141 Å². The fraction of sp³-hybridized carbons (Fsp3) is 0.592. The zero-order chi connectivity index (χ0) is 48.9. The quantitative estimate of drug-likeness (QED) is 0.0453. The number of amides is 7. The van der Waals surface area contributed by atoms with Crippen LogP contribution in [0.5, 0.6) is 0 Å². The molecule has 0 saturated heterocycles. The molecule has 7 atom stereocenters. The standard InChI is InChI=1S/C49H75N7O10/c1-4-33(2)43(47(63)54-38(45(51)61)31-36-25-19-16-20-26-36)56-48(64)44(34(3)57)55-42(60)28-22-14-12-10-8-6-5-7-9-11-13-21-27-41(59)52-39(32-40(50)58)46(62)53-37(49(65)66)30-29-35-23-17-15-18-24-35/h15-20,23-26,33-34,37-39,43-44,57H,4-14,21-22,27-32H2,1-3H3,(H2,50,58)(H2,51,61)(H,52,59)(H,53,62)(H,54,63)(H,55,60)(H,56,64)(H,65,66)/t33-,34?,37-,38-,39-,43-,44-/m0/s1. The summed E-state index contributed by atoms with van der Waals surface area (Å²) in [7, 11) is 0. The van der Waals surface area contributed by atoms with Crippen LogP contribution in [0.3, 0.4) is 0 Å². The zero-order valence-corrected chi connectivity index (χ0v) is 39.1. The van der Waals surface area contributed by atoms with Crippen LogP contribution < -0.4 is 38.1 Å². The molecule has 0 aliphatic carbocycles. The summed E-state index contributed by atoms with van der Waals surface area (Å²) < 4.78 is 0. The van der Waals surface area contributed by atoms with Gasteiger partial charge in [0.15, 0.2) is 0 Å². The number of carboxylic acid groups (broad SMARTS) is 1. The van der Waals surface area contributed by atoms with Crippen molar-refractivity contribution in [2.75, 3.05) is 0 Å². The zero-order valence-electron chi connectivity index (χ0n) is 39.1. The highest BCUT2D eigenvalue weighted by atomic mass is 16.4. The number of nitrogens with two attached hydrogens (primary N) is 2. The van der Waals surface area contributed by atoms with Crippen molar-refractivity contribution in [3.63, 3.8) is 0 Å². The van der Waals surface area contributed by atoms with Gasteiger partial charge in [0.05, 0.1) is 12.5 Å². The number of aryl methyl sites for hydroxylation is 1. The van der Waals surface area contributed by atoms with Gasteiger partial charge in [0.25, 0.3) is 0 Å². The minimum atomic E-state index is -1.28. The van der Waals surface area contributed by atoms with Crippen LogP contribution in [0.2, 0.25) is 0 Å². The van der Waals surface area contributed by atoms with Crippen molar-refractivity contribution in [1.82, 2.24) is 26.6 Å². The third-order valence-electron chi connectivity index (χ3n) is 11.6. The predicted molar refractivity (Wildman–Crippen MR) is 251 cm³/mol. The molecule has 66 heavy (non-hydrogen) atoms. The van der Waals surface area contributed by atoms with Crippen molar-refractivity contribution in [2.24, 2.45) is 17.4 Å². The van der Waals surface area contributed by atoms with E-state index in [1.807, 2.05) is 67.6 Å². The molecule has 0 heterocycles. The maximum absolute atomic E-state index is 13.4. The SMILES string of the molecule is CC[C@H](C)[C@H](NC(=O)[C@@H](NC(=O)CCCCCCCCCCCCCCC(=O)N[C@@H](CC(N)=O)C(=O)N[C@@H](CCc1ccccc1)C(=O)O)C(C)O)C(=O)N[C@@H](Cc1ccccc1)C(N)=O. The Labute approximate surface area is 389 Å². The first-order valence-corrected chi connectivity index (χ1v) is 23.6. The highest BCUT2D eigenvalue weighted by Gasteiger charge is 2.34. The van der Waals surface area contributed by atoms with Crippen molar-refractivity contribution in [1.29, 1.82) is 0 Å². The molecule has 0 spiro atoms. The number of carboxylic acids is 1. The number of aliphatic carboxylic acids is 1. The highest BCUT2D eigenvalue weighted by molar-refractivity contribution is 5.95. The summed E-state index contributed by atoms with van der Waals surface area (Å²) in [5.74, 6) is -5.92. The van der Waals surface area contributed by atoms with E-state index >= 15 is 0 Å². The van der Waals surface area contributed by atoms with Gasteiger partial charge in [-0.1, -0.05) is 145 Å². The topological polar surface area (TPSA) is 289 Å². The lowest BCUT2D eigenvalue weighted by molar-refractivity contribution is -0.142. The van der Waals surface area contributed by atoms with Gasteiger partial charge in [0.1, 0.15) is 30.2 Å². The molecule has 7 amide bonds. The van der Waals surface area contributed by atoms with Crippen LogP contribution in [0, 0.1) is 5.92 Å². The van der Waals surface area contributed by atoms with E-state index in [2.05, 4.69) is 26.6 Å². The van der Waals surface area contributed by atoms with Gasteiger partial charge in [-0.05, 0) is 49.7 Å². The molecular formula is C49H75N7O10. The molecule has 2 rings (SSSR count). The maximum atomic E-state index is 13.4. The molecule has 0 radical (unpaired) electrons. The monoisotopic (exact) mass is 922 g/mol. The number of carbonyl (C=O) groups is 8. The summed E-state index contributed by atoms with van der Waals surface area (Å²) in [6, 6.07) is 12.5. The second-order valence-corrected chi connectivity index (χ2v) is 17.3. The first kappa shape index (κ1) is 56.3. The van der Waals surface area contributed by atoms with E-state index in [-0.39, 0.29) is 37.5 Å². The van der Waals surface area contributed by atoms with E-state index < -0.39 is 84.1 Å². The van der Waals surface area contributed by atoms with Crippen molar-refractivity contribution in [3.05, 3.63) is 71.8 Å². The Morgan fingerprint density at radius 1 is 0.545 bits per heavy atom. The fourth-order valence-electron chi connectivity index (χ4n) is 7.43. The number of rotatable bonds is 35. The average Bonchev–Trinajstić information content (AvgIpc) is 3.28. The van der Waals surface area contributed by atoms with E-state index in [0.29, 0.717) is 25.7 Å². The van der Waals surface area contributed by atoms with E-state index in [1.165, 1.54) is 6.92 Å². The van der Waals surface area contributed by atoms with Crippen LogP contribution in [0.25, 0.3) is 0 Å². The normalized spacial score (nSPS) is 14.2. The number of unbranched alkanes of at least 4 members (excludes halogenated alkanes) is 11. The average molecular weight is 922 g/mol. The first-order valence-electron chi connectivity index (χ1n) is 23.6. The smallest absolute Gasteiger partial charge is 0.326 e. The van der Waals surface area contributed by atoms with Gasteiger partial charge >= 0.3 is 5.97 Å². The van der Waals surface area contributed by atoms with Gasteiger partial charge < -0.3 is 48.3 Å². The minimum Gasteiger partial charge on any atom is -0.480 e. The largest absolute Gasteiger partial charge is 0.480 e. The van der Waals surface area contributed by atoms with E-state index in [0.717, 1.165) is 75.3 Å². The summed E-state index contributed by atoms with van der Waals surface area (Å²) in [5.41, 5.74) is 12.6. The molecule has 2 aromatic carbocycles. The summed E-state index contributed by atoms with van der Waals surface area (Å²) in [4.78, 5) is 101. The molecule has 0 aliphatic heterocycles. The lowest BCUT2D eigenvalue weighted by Gasteiger charge is -2.28. The van der Waals surface area contributed by atoms with E-state index in [1.54, 1.807) is 6.92 Å². The molecule has 0 aliphatic rings. The summed E-state index contributed by atoms with van der Waals surface area (Å²) in [5, 5.41) is 33.0. The fourth-order valence-corrected chi connectivity index (χ4v) is 7.43. The first-order chi connectivity index (χ1) is 31.5. The molecule has 366 valence electrons. The molecule has 0 aromatic heterocycles. The summed E-state index contributed by atoms with van der Waals surface area (Å²) in [6.45, 7) is 5.03. The molecule has 0 saturated carbocycles. The molecule has 17 heteroatoms. The van der Waals surface area contributed by atoms with Gasteiger partial charge in [0, 0.05) is 19.3 Å². The summed E-state index contributed by atoms with van der Waals surface area (Å²) >= 11 is 0. The third kappa shape index (κ3) is 23.4. The van der Waals surface area contributed by atoms with Crippen molar-refractivity contribution < 1.29 is 48.6 Å². The number of nitrogens with one attached hydrogen (secondary N) is 5. The van der Waals surface area contributed by atoms with Crippen LogP contribution >= 0.6 is 0 Å². The molecule has 0 bridgehead atoms. The second-order valence-electron chi connectivity index (χ2n) is 17.3. The van der Waals surface area contributed by atoms with Crippen molar-refractivity contribution in [2.45, 2.75) is 179 Å². The Bertz CT molecular complexity index is 1810. The van der Waals surface area contributed by atoms with Gasteiger partial charge in [-0.25, -0.2) is 4.79 Å². The minimum absolute atomic E-state index is 0.135. The Balaban J connectivity index is 1.62. The van der Waals surface area contributed by atoms with E-state index in [4.69, 9.17) is 11.5 Å². The number of benzene rings is 2. The van der Waals surface area contributed by atoms with Gasteiger partial charge in [-0.15, -0.1) is 0 Å². The van der Waals surface area contributed by atoms with Crippen LogP contribution in [-0.2, 0) is 51.2 Å². The lowest BCUT2D eigenvalue weighted by Crippen LogP contribution is -2.60. The predicted octanol–water partition coefficient (Wildman–Crippen LogP) is 3.62. The van der Waals surface area contributed by atoms with Crippen LogP contribution in [0.4, 0.5) is 0 Å². The van der Waals surface area contributed by atoms with Crippen molar-refractivity contribution in [3.8, 4) is 0 Å². The molecule has 2 aromatic rings. The number of hydrogen-bond acceptors (Lipinski definition) is 9. The number of carbonyl (C=O) groups excluding carboxylic acids is 7. The summed E-state index contributed by atoms with van der Waals surface area (Å²) in [6.07, 6.45) is 11.0. The Morgan fingerprint density at radius 2 is 1.00 bits per heavy atom. The molecule has 11 N–H and O–H groups in total. The molecule has 17 nitrogen and oxygen atoms in total. The second kappa shape index (κ2) is 31.9. The number of primary amides is 2. The van der Waals surface area contributed by atoms with Gasteiger partial charge in [-0.2, -0.15) is 0 Å². The van der Waals surface area contributed by atoms with Crippen LogP contribution in [-0.4, -0.2) is 93.8 Å². The van der Waals surface area contributed by atoms with Crippen LogP contribution in [0.15, 0.2) is 60.7 Å². The Morgan fingerprint density at radius 3 is 1.45 bits per heavy atom. The van der Waals surface area contributed by atoms with Gasteiger partial charge in [-0.3, -0.25) is 33.6 Å². The number of aliphatic hydroxyl groups excluding tert-OH is 1. The Kier molecular flexibility index (Phi) is 27.2. The van der Waals surface area contributed by atoms with Crippen molar-refractivity contribution >= 4 is 47.3 Å². The Hall–Kier alpha value is -5.84. The molecule has 1 unspecified atom stereocenters. The third-order valence-corrected chi connectivity index (χ3v) is 11.6. The molecular weight excluding hydrogens is 847 g/mol. The van der Waals surface area contributed by atoms with E-state index in [9.17, 15) is 48.6 Å². The lowest BCUT2D eigenvalue weighted by atomic mass is 9.96. The maximum Gasteiger partial charge on any atom is 0.326 e. The van der Waals surface area contributed by atoms with Gasteiger partial charge in [0.2, 0.25) is 41.4 Å².